The molecule has 0 atom stereocenters. The maximum Gasteiger partial charge on any atom is 0.227 e. The molecule has 0 unspecified atom stereocenters. The highest BCUT2D eigenvalue weighted by Crippen LogP contribution is 2.36. The van der Waals surface area contributed by atoms with E-state index >= 15 is 0 Å². The number of hydrogen-bond acceptors (Lipinski definition) is 2. The number of aromatic nitrogens is 2. The van der Waals surface area contributed by atoms with E-state index in [0.717, 1.165) is 22.2 Å². The summed E-state index contributed by atoms with van der Waals surface area (Å²) in [5.74, 6) is 1.63. The highest BCUT2D eigenvalue weighted by Gasteiger charge is 2.15. The number of rotatable bonds is 5. The summed E-state index contributed by atoms with van der Waals surface area (Å²) in [4.78, 5) is 4.64. The van der Waals surface area contributed by atoms with Gasteiger partial charge in [0.05, 0.1) is 11.0 Å². The molecular weight excluding hydrogens is 488 g/mol. The maximum atomic E-state index is 5.95. The third-order valence-electron chi connectivity index (χ3n) is 8.03. The third-order valence-corrected chi connectivity index (χ3v) is 8.03. The smallest absolute Gasteiger partial charge is 0.227 e. The Morgan fingerprint density at radius 1 is 0.575 bits per heavy atom. The minimum atomic E-state index is 0.490. The lowest BCUT2D eigenvalue weighted by atomic mass is 9.98. The zero-order chi connectivity index (χ0) is 27.4. The Balaban J connectivity index is 1.27. The molecule has 5 aromatic carbocycles. The van der Waals surface area contributed by atoms with Gasteiger partial charge in [-0.1, -0.05) is 76.2 Å². The second-order valence-electron chi connectivity index (χ2n) is 11.3. The number of benzene rings is 5. The maximum absolute atomic E-state index is 5.95. The van der Waals surface area contributed by atoms with Gasteiger partial charge in [0.25, 0.3) is 0 Å². The van der Waals surface area contributed by atoms with Gasteiger partial charge in [0.15, 0.2) is 5.58 Å². The summed E-state index contributed by atoms with van der Waals surface area (Å²) in [5.41, 5.74) is 11.4. The van der Waals surface area contributed by atoms with Crippen LogP contribution in [-0.2, 0) is 0 Å². The highest BCUT2D eigenvalue weighted by atomic mass is 16.3. The van der Waals surface area contributed by atoms with Gasteiger partial charge in [-0.3, -0.25) is 0 Å². The van der Waals surface area contributed by atoms with E-state index in [9.17, 15) is 0 Å². The second kappa shape index (κ2) is 9.53. The fourth-order valence-electron chi connectivity index (χ4n) is 5.66. The SMILES string of the molecule is CC(C)c1ccc2c(c1)c1cc(C(C)C)ccc1n2-c1ccc(-c2ccc(-c3nc4ccccc4o3)cc2)cc1. The van der Waals surface area contributed by atoms with Crippen LogP contribution < -0.4 is 0 Å². The van der Waals surface area contributed by atoms with E-state index < -0.39 is 0 Å². The average Bonchev–Trinajstić information content (AvgIpc) is 3.56. The van der Waals surface area contributed by atoms with Gasteiger partial charge in [-0.25, -0.2) is 4.98 Å². The van der Waals surface area contributed by atoms with Gasteiger partial charge in [0.2, 0.25) is 5.89 Å². The topological polar surface area (TPSA) is 31.0 Å². The molecule has 7 rings (SSSR count). The van der Waals surface area contributed by atoms with Gasteiger partial charge in [-0.2, -0.15) is 0 Å². The van der Waals surface area contributed by atoms with Crippen LogP contribution in [0.5, 0.6) is 0 Å². The van der Waals surface area contributed by atoms with Crippen molar-refractivity contribution in [1.29, 1.82) is 0 Å². The summed E-state index contributed by atoms with van der Waals surface area (Å²) < 4.78 is 8.36. The Morgan fingerprint density at radius 2 is 1.10 bits per heavy atom. The Labute approximate surface area is 234 Å². The molecule has 0 amide bonds. The zero-order valence-electron chi connectivity index (χ0n) is 23.3. The molecule has 0 aliphatic carbocycles. The average molecular weight is 521 g/mol. The molecule has 0 spiro atoms. The quantitative estimate of drug-likeness (QED) is 0.226. The molecule has 196 valence electrons. The van der Waals surface area contributed by atoms with Gasteiger partial charge in [-0.05, 0) is 94.8 Å². The van der Waals surface area contributed by atoms with Crippen molar-refractivity contribution in [2.24, 2.45) is 0 Å². The van der Waals surface area contributed by atoms with E-state index in [1.54, 1.807) is 0 Å². The number of para-hydroxylation sites is 2. The van der Waals surface area contributed by atoms with Crippen molar-refractivity contribution in [2.45, 2.75) is 39.5 Å². The van der Waals surface area contributed by atoms with Crippen molar-refractivity contribution in [3.05, 3.63) is 120 Å². The third kappa shape index (κ3) is 4.10. The van der Waals surface area contributed by atoms with E-state index in [-0.39, 0.29) is 0 Å². The Hall–Kier alpha value is -4.63. The van der Waals surface area contributed by atoms with Gasteiger partial charge >= 0.3 is 0 Å². The standard InChI is InChI=1S/C37H32N2O/c1-23(2)28-15-19-34-31(21-28)32-22-29(24(3)4)16-20-35(32)39(34)30-17-13-26(14-18-30)25-9-11-27(12-10-25)37-38-33-7-5-6-8-36(33)40-37/h5-24H,1-4H3. The summed E-state index contributed by atoms with van der Waals surface area (Å²) in [6.45, 7) is 9.05. The summed E-state index contributed by atoms with van der Waals surface area (Å²) in [6, 6.07) is 39.1. The molecule has 0 saturated heterocycles. The molecule has 3 nitrogen and oxygen atoms in total. The van der Waals surface area contributed by atoms with Crippen molar-refractivity contribution in [3.8, 4) is 28.3 Å². The molecule has 2 aromatic heterocycles. The van der Waals surface area contributed by atoms with Gasteiger partial charge < -0.3 is 8.98 Å². The lowest BCUT2D eigenvalue weighted by Crippen LogP contribution is -1.95. The van der Waals surface area contributed by atoms with Crippen molar-refractivity contribution in [3.63, 3.8) is 0 Å². The predicted molar refractivity (Wildman–Crippen MR) is 167 cm³/mol. The molecule has 0 saturated carbocycles. The minimum Gasteiger partial charge on any atom is -0.436 e. The van der Waals surface area contributed by atoms with Crippen LogP contribution in [0.15, 0.2) is 114 Å². The van der Waals surface area contributed by atoms with Crippen LogP contribution in [-0.4, -0.2) is 9.55 Å². The Morgan fingerprint density at radius 3 is 1.65 bits per heavy atom. The summed E-state index contributed by atoms with van der Waals surface area (Å²) >= 11 is 0. The number of oxazole rings is 1. The van der Waals surface area contributed by atoms with E-state index in [1.165, 1.54) is 44.2 Å². The molecule has 2 heterocycles. The Bertz CT molecular complexity index is 1890. The number of hydrogen-bond donors (Lipinski definition) is 0. The van der Waals surface area contributed by atoms with Crippen LogP contribution >= 0.6 is 0 Å². The second-order valence-corrected chi connectivity index (χ2v) is 11.3. The molecule has 0 aliphatic heterocycles. The molecule has 0 aliphatic rings. The first kappa shape index (κ1) is 24.4. The molecule has 0 fully saturated rings. The fraction of sp³-hybridized carbons (Fsp3) is 0.162. The summed E-state index contributed by atoms with van der Waals surface area (Å²) in [6.07, 6.45) is 0. The monoisotopic (exact) mass is 520 g/mol. The van der Waals surface area contributed by atoms with Crippen LogP contribution in [0, 0.1) is 0 Å². The number of fused-ring (bicyclic) bond motifs is 4. The van der Waals surface area contributed by atoms with Crippen LogP contribution in [0.4, 0.5) is 0 Å². The van der Waals surface area contributed by atoms with Crippen molar-refractivity contribution >= 4 is 32.9 Å². The Kier molecular flexibility index (Phi) is 5.82. The first-order chi connectivity index (χ1) is 19.5. The van der Waals surface area contributed by atoms with E-state index in [2.05, 4.69) is 122 Å². The molecule has 40 heavy (non-hydrogen) atoms. The largest absolute Gasteiger partial charge is 0.436 e. The van der Waals surface area contributed by atoms with Gasteiger partial charge in [0, 0.05) is 22.0 Å². The van der Waals surface area contributed by atoms with Crippen LogP contribution in [0.2, 0.25) is 0 Å². The molecule has 0 radical (unpaired) electrons. The first-order valence-electron chi connectivity index (χ1n) is 14.1. The summed E-state index contributed by atoms with van der Waals surface area (Å²) in [7, 11) is 0. The van der Waals surface area contributed by atoms with E-state index in [4.69, 9.17) is 4.42 Å². The molecule has 0 N–H and O–H groups in total. The van der Waals surface area contributed by atoms with Gasteiger partial charge in [0.1, 0.15) is 5.52 Å². The zero-order valence-corrected chi connectivity index (χ0v) is 23.3. The van der Waals surface area contributed by atoms with Crippen molar-refractivity contribution in [2.75, 3.05) is 0 Å². The number of nitrogens with zero attached hydrogens (tertiary/aromatic N) is 2. The van der Waals surface area contributed by atoms with Crippen LogP contribution in [0.3, 0.4) is 0 Å². The lowest BCUT2D eigenvalue weighted by Gasteiger charge is -2.11. The highest BCUT2D eigenvalue weighted by molar-refractivity contribution is 6.09. The normalized spacial score (nSPS) is 11.9. The van der Waals surface area contributed by atoms with Crippen LogP contribution in [0.25, 0.3) is 61.2 Å². The predicted octanol–water partition coefficient (Wildman–Crippen LogP) is 10.5. The molecule has 7 aromatic rings. The van der Waals surface area contributed by atoms with E-state index in [1.807, 2.05) is 24.3 Å². The summed E-state index contributed by atoms with van der Waals surface area (Å²) in [5, 5.41) is 2.64. The first-order valence-corrected chi connectivity index (χ1v) is 14.1. The minimum absolute atomic E-state index is 0.490. The molecular formula is C37H32N2O. The van der Waals surface area contributed by atoms with Crippen molar-refractivity contribution in [1.82, 2.24) is 9.55 Å². The van der Waals surface area contributed by atoms with Crippen LogP contribution in [0.1, 0.15) is 50.7 Å². The lowest BCUT2D eigenvalue weighted by molar-refractivity contribution is 0.620. The van der Waals surface area contributed by atoms with E-state index in [0.29, 0.717) is 17.7 Å². The molecule has 3 heteroatoms. The van der Waals surface area contributed by atoms with Crippen molar-refractivity contribution < 1.29 is 4.42 Å². The fourth-order valence-corrected chi connectivity index (χ4v) is 5.66. The molecule has 0 bridgehead atoms. The van der Waals surface area contributed by atoms with Gasteiger partial charge in [-0.15, -0.1) is 0 Å².